The van der Waals surface area contributed by atoms with Crippen molar-refractivity contribution in [1.82, 2.24) is 9.55 Å². The summed E-state index contributed by atoms with van der Waals surface area (Å²) >= 11 is 14.3. The minimum atomic E-state index is 0.320. The Morgan fingerprint density at radius 3 is 2.81 bits per heavy atom. The zero-order valence-electron chi connectivity index (χ0n) is 12.1. The van der Waals surface area contributed by atoms with E-state index in [-0.39, 0.29) is 0 Å². The zero-order chi connectivity index (χ0) is 15.1. The van der Waals surface area contributed by atoms with E-state index in [9.17, 15) is 0 Å². The Bertz CT molecular complexity index is 543. The third kappa shape index (κ3) is 5.24. The quantitative estimate of drug-likeness (QED) is 0.559. The highest BCUT2D eigenvalue weighted by molar-refractivity contribution is 7.99. The normalized spacial score (nSPS) is 12.5. The lowest BCUT2D eigenvalue weighted by atomic mass is 10.1. The van der Waals surface area contributed by atoms with E-state index in [1.54, 1.807) is 0 Å². The molecule has 114 valence electrons. The van der Waals surface area contributed by atoms with Gasteiger partial charge in [-0.25, -0.2) is 4.98 Å². The van der Waals surface area contributed by atoms with Crippen LogP contribution in [0.4, 0.5) is 0 Å². The molecule has 0 aliphatic rings. The fraction of sp³-hybridized carbons (Fsp3) is 0.438. The second-order valence-electron chi connectivity index (χ2n) is 4.99. The molecule has 1 unspecified atom stereocenters. The summed E-state index contributed by atoms with van der Waals surface area (Å²) in [6.45, 7) is 3.10. The van der Waals surface area contributed by atoms with Gasteiger partial charge in [-0.2, -0.15) is 11.8 Å². The van der Waals surface area contributed by atoms with Crippen LogP contribution in [0.5, 0.6) is 0 Å². The van der Waals surface area contributed by atoms with Crippen LogP contribution in [0.3, 0.4) is 0 Å². The number of halogens is 2. The van der Waals surface area contributed by atoms with E-state index < -0.39 is 0 Å². The second kappa shape index (κ2) is 8.72. The standard InChI is InChI=1S/C16H20Cl2N2S/c1-2-3-4-9-21-16(11-20-8-7-19-12-20)14-6-5-13(17)10-15(14)18/h5-8,10,12,16H,2-4,9,11H2,1H3. The highest BCUT2D eigenvalue weighted by atomic mass is 35.5. The molecule has 0 saturated heterocycles. The molecule has 1 atom stereocenters. The number of thioether (sulfide) groups is 1. The molecule has 1 aromatic carbocycles. The first-order chi connectivity index (χ1) is 10.2. The first kappa shape index (κ1) is 16.7. The van der Waals surface area contributed by atoms with Crippen molar-refractivity contribution in [2.45, 2.75) is 38.0 Å². The summed E-state index contributed by atoms with van der Waals surface area (Å²) in [6, 6.07) is 5.78. The predicted molar refractivity (Wildman–Crippen MR) is 93.4 cm³/mol. The summed E-state index contributed by atoms with van der Waals surface area (Å²) in [7, 11) is 0. The molecule has 0 spiro atoms. The smallest absolute Gasteiger partial charge is 0.0946 e. The number of unbranched alkanes of at least 4 members (excludes halogenated alkanes) is 2. The Morgan fingerprint density at radius 1 is 1.29 bits per heavy atom. The van der Waals surface area contributed by atoms with Crippen molar-refractivity contribution in [3.63, 3.8) is 0 Å². The van der Waals surface area contributed by atoms with Gasteiger partial charge in [0.05, 0.1) is 6.33 Å². The molecule has 2 aromatic rings. The van der Waals surface area contributed by atoms with Crippen molar-refractivity contribution in [1.29, 1.82) is 0 Å². The number of nitrogens with zero attached hydrogens (tertiary/aromatic N) is 2. The van der Waals surface area contributed by atoms with Crippen LogP contribution in [0.1, 0.15) is 37.0 Å². The van der Waals surface area contributed by atoms with Gasteiger partial charge in [-0.15, -0.1) is 0 Å². The topological polar surface area (TPSA) is 17.8 Å². The molecule has 0 saturated carbocycles. The van der Waals surface area contributed by atoms with Crippen LogP contribution in [0.15, 0.2) is 36.9 Å². The minimum Gasteiger partial charge on any atom is -0.336 e. The summed E-state index contributed by atoms with van der Waals surface area (Å²) in [5, 5.41) is 1.75. The van der Waals surface area contributed by atoms with E-state index in [2.05, 4.69) is 16.5 Å². The van der Waals surface area contributed by atoms with Gasteiger partial charge in [-0.1, -0.05) is 49.0 Å². The molecule has 2 rings (SSSR count). The Kier molecular flexibility index (Phi) is 6.94. The SMILES string of the molecule is CCCCCSC(Cn1ccnc1)c1ccc(Cl)cc1Cl. The first-order valence-corrected chi connectivity index (χ1v) is 9.03. The highest BCUT2D eigenvalue weighted by Crippen LogP contribution is 2.36. The van der Waals surface area contributed by atoms with Crippen LogP contribution in [-0.4, -0.2) is 15.3 Å². The fourth-order valence-corrected chi connectivity index (χ4v) is 4.09. The molecule has 1 aromatic heterocycles. The van der Waals surface area contributed by atoms with Crippen molar-refractivity contribution in [3.8, 4) is 0 Å². The third-order valence-electron chi connectivity index (χ3n) is 3.31. The molecular weight excluding hydrogens is 323 g/mol. The molecule has 0 amide bonds. The van der Waals surface area contributed by atoms with Crippen LogP contribution in [0.2, 0.25) is 10.0 Å². The van der Waals surface area contributed by atoms with Gasteiger partial charge in [0, 0.05) is 34.2 Å². The van der Waals surface area contributed by atoms with Crippen molar-refractivity contribution in [3.05, 3.63) is 52.5 Å². The van der Waals surface area contributed by atoms with Gasteiger partial charge in [0.2, 0.25) is 0 Å². The van der Waals surface area contributed by atoms with E-state index in [0.717, 1.165) is 22.9 Å². The van der Waals surface area contributed by atoms with Crippen LogP contribution < -0.4 is 0 Å². The molecule has 0 aliphatic carbocycles. The average Bonchev–Trinajstić information content (AvgIpc) is 2.95. The van der Waals surface area contributed by atoms with Gasteiger partial charge in [0.25, 0.3) is 0 Å². The predicted octanol–water partition coefficient (Wildman–Crippen LogP) is 5.85. The molecule has 21 heavy (non-hydrogen) atoms. The Morgan fingerprint density at radius 2 is 2.14 bits per heavy atom. The van der Waals surface area contributed by atoms with Crippen LogP contribution in [-0.2, 0) is 6.54 Å². The summed E-state index contributed by atoms with van der Waals surface area (Å²) in [6.07, 6.45) is 9.41. The molecule has 0 radical (unpaired) electrons. The molecule has 0 fully saturated rings. The number of hydrogen-bond acceptors (Lipinski definition) is 2. The van der Waals surface area contributed by atoms with Gasteiger partial charge >= 0.3 is 0 Å². The number of aromatic nitrogens is 2. The molecule has 0 bridgehead atoms. The summed E-state index contributed by atoms with van der Waals surface area (Å²) in [5.41, 5.74) is 1.15. The average molecular weight is 343 g/mol. The molecule has 0 N–H and O–H groups in total. The van der Waals surface area contributed by atoms with Gasteiger partial charge in [-0.05, 0) is 29.9 Å². The summed E-state index contributed by atoms with van der Waals surface area (Å²) in [4.78, 5) is 4.11. The number of hydrogen-bond donors (Lipinski definition) is 0. The number of imidazole rings is 1. The monoisotopic (exact) mass is 342 g/mol. The zero-order valence-corrected chi connectivity index (χ0v) is 14.5. The molecule has 1 heterocycles. The molecule has 0 aliphatic heterocycles. The van der Waals surface area contributed by atoms with Gasteiger partial charge in [-0.3, -0.25) is 0 Å². The van der Waals surface area contributed by atoms with E-state index in [0.29, 0.717) is 10.3 Å². The summed E-state index contributed by atoms with van der Waals surface area (Å²) < 4.78 is 2.10. The number of benzene rings is 1. The molecule has 5 heteroatoms. The molecule has 2 nitrogen and oxygen atoms in total. The van der Waals surface area contributed by atoms with Gasteiger partial charge < -0.3 is 4.57 Å². The lowest BCUT2D eigenvalue weighted by molar-refractivity contribution is 0.681. The summed E-state index contributed by atoms with van der Waals surface area (Å²) in [5.74, 6) is 1.14. The lowest BCUT2D eigenvalue weighted by Gasteiger charge is -2.19. The minimum absolute atomic E-state index is 0.320. The van der Waals surface area contributed by atoms with E-state index in [1.165, 1.54) is 19.3 Å². The highest BCUT2D eigenvalue weighted by Gasteiger charge is 2.16. The first-order valence-electron chi connectivity index (χ1n) is 7.23. The van der Waals surface area contributed by atoms with Crippen molar-refractivity contribution < 1.29 is 0 Å². The van der Waals surface area contributed by atoms with E-state index >= 15 is 0 Å². The van der Waals surface area contributed by atoms with Gasteiger partial charge in [0.1, 0.15) is 0 Å². The Hall–Kier alpha value is -0.640. The van der Waals surface area contributed by atoms with E-state index in [1.807, 2.05) is 48.7 Å². The van der Waals surface area contributed by atoms with Crippen molar-refractivity contribution >= 4 is 35.0 Å². The molecular formula is C16H20Cl2N2S. The number of rotatable bonds is 8. The maximum absolute atomic E-state index is 6.38. The van der Waals surface area contributed by atoms with Gasteiger partial charge in [0.15, 0.2) is 0 Å². The fourth-order valence-electron chi connectivity index (χ4n) is 2.17. The van der Waals surface area contributed by atoms with E-state index in [4.69, 9.17) is 23.2 Å². The van der Waals surface area contributed by atoms with Crippen LogP contribution >= 0.6 is 35.0 Å². The largest absolute Gasteiger partial charge is 0.336 e. The maximum atomic E-state index is 6.38. The third-order valence-corrected chi connectivity index (χ3v) is 5.20. The Balaban J connectivity index is 2.10. The van der Waals surface area contributed by atoms with Crippen molar-refractivity contribution in [2.24, 2.45) is 0 Å². The second-order valence-corrected chi connectivity index (χ2v) is 7.15. The Labute approximate surface area is 140 Å². The lowest BCUT2D eigenvalue weighted by Crippen LogP contribution is -2.06. The maximum Gasteiger partial charge on any atom is 0.0946 e. The van der Waals surface area contributed by atoms with Crippen LogP contribution in [0, 0.1) is 0 Å². The van der Waals surface area contributed by atoms with Crippen LogP contribution in [0.25, 0.3) is 0 Å². The van der Waals surface area contributed by atoms with Crippen molar-refractivity contribution in [2.75, 3.05) is 5.75 Å².